The Morgan fingerprint density at radius 1 is 1.00 bits per heavy atom. The van der Waals surface area contributed by atoms with E-state index in [1.54, 1.807) is 24.3 Å². The average molecular weight is 411 g/mol. The molecule has 150 valence electrons. The van der Waals surface area contributed by atoms with Crippen molar-refractivity contribution < 1.29 is 17.9 Å². The normalized spacial score (nSPS) is 10.9. The maximum atomic E-state index is 12.7. The number of rotatable bonds is 7. The van der Waals surface area contributed by atoms with Crippen molar-refractivity contribution in [1.82, 2.24) is 5.32 Å². The third kappa shape index (κ3) is 5.05. The number of anilines is 2. The highest BCUT2D eigenvalue weighted by atomic mass is 32.2. The number of carbonyl (C=O) groups is 1. The lowest BCUT2D eigenvalue weighted by Gasteiger charge is -2.12. The molecular formula is C21H21N3O4S. The van der Waals surface area contributed by atoms with Gasteiger partial charge in [-0.05, 0) is 48.0 Å². The standard InChI is InChI=1S/C21H21N3O4S/c1-28-17-9-7-16(8-10-17)24-29(26,27)18-11-12-20(22)19(13-18)21(25)23-14-15-5-3-2-4-6-15/h2-13,24H,14,22H2,1H3,(H,23,25). The smallest absolute Gasteiger partial charge is 0.261 e. The minimum atomic E-state index is -3.90. The number of carbonyl (C=O) groups excluding carboxylic acids is 1. The summed E-state index contributed by atoms with van der Waals surface area (Å²) in [6.07, 6.45) is 0. The molecule has 7 nitrogen and oxygen atoms in total. The Kier molecular flexibility index (Phi) is 6.04. The minimum Gasteiger partial charge on any atom is -0.497 e. The third-order valence-corrected chi connectivity index (χ3v) is 5.60. The van der Waals surface area contributed by atoms with Crippen LogP contribution in [0.15, 0.2) is 77.7 Å². The van der Waals surface area contributed by atoms with Gasteiger partial charge in [-0.3, -0.25) is 9.52 Å². The van der Waals surface area contributed by atoms with E-state index in [2.05, 4.69) is 10.0 Å². The molecular weight excluding hydrogens is 390 g/mol. The fraction of sp³-hybridized carbons (Fsp3) is 0.0952. The molecule has 0 spiro atoms. The van der Waals surface area contributed by atoms with Crippen molar-refractivity contribution in [2.45, 2.75) is 11.4 Å². The molecule has 1 amide bonds. The van der Waals surface area contributed by atoms with Crippen LogP contribution in [0.1, 0.15) is 15.9 Å². The van der Waals surface area contributed by atoms with Gasteiger partial charge in [0.1, 0.15) is 5.75 Å². The summed E-state index contributed by atoms with van der Waals surface area (Å²) < 4.78 is 32.9. The Hall–Kier alpha value is -3.52. The first-order valence-corrected chi connectivity index (χ1v) is 10.3. The fourth-order valence-electron chi connectivity index (χ4n) is 2.65. The lowest BCUT2D eigenvalue weighted by molar-refractivity contribution is 0.0951. The van der Waals surface area contributed by atoms with Crippen molar-refractivity contribution in [3.05, 3.63) is 83.9 Å². The van der Waals surface area contributed by atoms with Crippen molar-refractivity contribution in [3.63, 3.8) is 0 Å². The van der Waals surface area contributed by atoms with Crippen LogP contribution < -0.4 is 20.5 Å². The summed E-state index contributed by atoms with van der Waals surface area (Å²) in [4.78, 5) is 12.5. The van der Waals surface area contributed by atoms with E-state index in [0.29, 0.717) is 18.0 Å². The Morgan fingerprint density at radius 3 is 2.34 bits per heavy atom. The zero-order chi connectivity index (χ0) is 20.9. The van der Waals surface area contributed by atoms with Crippen LogP contribution in [0.4, 0.5) is 11.4 Å². The summed E-state index contributed by atoms with van der Waals surface area (Å²) in [5, 5.41) is 2.75. The second-order valence-corrected chi connectivity index (χ2v) is 7.93. The van der Waals surface area contributed by atoms with E-state index in [9.17, 15) is 13.2 Å². The minimum absolute atomic E-state index is 0.0626. The largest absolute Gasteiger partial charge is 0.497 e. The lowest BCUT2D eigenvalue weighted by Crippen LogP contribution is -2.24. The Morgan fingerprint density at radius 2 is 1.69 bits per heavy atom. The number of ether oxygens (including phenoxy) is 1. The van der Waals surface area contributed by atoms with E-state index in [1.807, 2.05) is 30.3 Å². The van der Waals surface area contributed by atoms with Crippen molar-refractivity contribution >= 4 is 27.3 Å². The second-order valence-electron chi connectivity index (χ2n) is 6.25. The van der Waals surface area contributed by atoms with Gasteiger partial charge in [-0.2, -0.15) is 0 Å². The highest BCUT2D eigenvalue weighted by Crippen LogP contribution is 2.22. The molecule has 0 saturated heterocycles. The molecule has 0 aliphatic heterocycles. The zero-order valence-electron chi connectivity index (χ0n) is 15.8. The van der Waals surface area contributed by atoms with Crippen LogP contribution >= 0.6 is 0 Å². The molecule has 3 rings (SSSR count). The van der Waals surface area contributed by atoms with Crippen molar-refractivity contribution in [3.8, 4) is 5.75 Å². The number of nitrogens with one attached hydrogen (secondary N) is 2. The van der Waals surface area contributed by atoms with Crippen LogP contribution in [0.3, 0.4) is 0 Å². The molecule has 0 fully saturated rings. The number of amides is 1. The van der Waals surface area contributed by atoms with Gasteiger partial charge in [0.25, 0.3) is 15.9 Å². The van der Waals surface area contributed by atoms with Crippen molar-refractivity contribution in [1.29, 1.82) is 0 Å². The molecule has 8 heteroatoms. The van der Waals surface area contributed by atoms with Crippen LogP contribution in [0.25, 0.3) is 0 Å². The maximum absolute atomic E-state index is 12.7. The van der Waals surface area contributed by atoms with E-state index >= 15 is 0 Å². The molecule has 0 atom stereocenters. The second kappa shape index (κ2) is 8.66. The predicted molar refractivity (Wildman–Crippen MR) is 112 cm³/mol. The SMILES string of the molecule is COc1ccc(NS(=O)(=O)c2ccc(N)c(C(=O)NCc3ccccc3)c2)cc1. The summed E-state index contributed by atoms with van der Waals surface area (Å²) in [6, 6.07) is 19.9. The molecule has 3 aromatic carbocycles. The van der Waals surface area contributed by atoms with Crippen molar-refractivity contribution in [2.24, 2.45) is 0 Å². The van der Waals surface area contributed by atoms with E-state index in [-0.39, 0.29) is 16.1 Å². The van der Waals surface area contributed by atoms with Crippen LogP contribution in [0, 0.1) is 0 Å². The number of hydrogen-bond acceptors (Lipinski definition) is 5. The molecule has 0 aliphatic carbocycles. The Balaban J connectivity index is 1.78. The Bertz CT molecular complexity index is 1100. The van der Waals surface area contributed by atoms with Gasteiger partial charge < -0.3 is 15.8 Å². The van der Waals surface area contributed by atoms with Crippen LogP contribution in [0.5, 0.6) is 5.75 Å². The van der Waals surface area contributed by atoms with Gasteiger partial charge in [0.15, 0.2) is 0 Å². The van der Waals surface area contributed by atoms with Gasteiger partial charge in [0.2, 0.25) is 0 Å². The molecule has 4 N–H and O–H groups in total. The van der Waals surface area contributed by atoms with Gasteiger partial charge in [-0.25, -0.2) is 8.42 Å². The topological polar surface area (TPSA) is 111 Å². The number of benzene rings is 3. The first kappa shape index (κ1) is 20.2. The van der Waals surface area contributed by atoms with Crippen LogP contribution in [-0.4, -0.2) is 21.4 Å². The van der Waals surface area contributed by atoms with E-state index in [0.717, 1.165) is 5.56 Å². The number of nitrogen functional groups attached to an aromatic ring is 1. The lowest BCUT2D eigenvalue weighted by atomic mass is 10.1. The summed E-state index contributed by atoms with van der Waals surface area (Å²) in [5.74, 6) is 0.158. The van der Waals surface area contributed by atoms with Gasteiger partial charge in [0, 0.05) is 17.9 Å². The van der Waals surface area contributed by atoms with Crippen LogP contribution in [0.2, 0.25) is 0 Å². The molecule has 3 aromatic rings. The monoisotopic (exact) mass is 411 g/mol. The molecule has 0 aromatic heterocycles. The first-order chi connectivity index (χ1) is 13.9. The highest BCUT2D eigenvalue weighted by Gasteiger charge is 2.18. The zero-order valence-corrected chi connectivity index (χ0v) is 16.6. The summed E-state index contributed by atoms with van der Waals surface area (Å²) in [6.45, 7) is 0.306. The molecule has 0 bridgehead atoms. The molecule has 0 aliphatic rings. The van der Waals surface area contributed by atoms with Crippen molar-refractivity contribution in [2.75, 3.05) is 17.6 Å². The molecule has 0 saturated carbocycles. The number of nitrogens with two attached hydrogens (primary N) is 1. The molecule has 29 heavy (non-hydrogen) atoms. The van der Waals surface area contributed by atoms with Gasteiger partial charge in [0.05, 0.1) is 17.6 Å². The predicted octanol–water partition coefficient (Wildman–Crippen LogP) is 3.01. The van der Waals surface area contributed by atoms with E-state index in [1.165, 1.54) is 25.3 Å². The molecule has 0 heterocycles. The number of hydrogen-bond donors (Lipinski definition) is 3. The summed E-state index contributed by atoms with van der Waals surface area (Å²) in [5.41, 5.74) is 7.48. The van der Waals surface area contributed by atoms with E-state index in [4.69, 9.17) is 10.5 Å². The average Bonchev–Trinajstić information content (AvgIpc) is 2.73. The highest BCUT2D eigenvalue weighted by molar-refractivity contribution is 7.92. The first-order valence-electron chi connectivity index (χ1n) is 8.77. The van der Waals surface area contributed by atoms with Gasteiger partial charge in [-0.15, -0.1) is 0 Å². The van der Waals surface area contributed by atoms with Gasteiger partial charge in [-0.1, -0.05) is 30.3 Å². The van der Waals surface area contributed by atoms with Gasteiger partial charge >= 0.3 is 0 Å². The number of sulfonamides is 1. The maximum Gasteiger partial charge on any atom is 0.261 e. The molecule has 0 unspecified atom stereocenters. The van der Waals surface area contributed by atoms with E-state index < -0.39 is 15.9 Å². The molecule has 0 radical (unpaired) electrons. The fourth-order valence-corrected chi connectivity index (χ4v) is 3.73. The summed E-state index contributed by atoms with van der Waals surface area (Å²) >= 11 is 0. The summed E-state index contributed by atoms with van der Waals surface area (Å²) in [7, 11) is -2.37. The quantitative estimate of drug-likeness (QED) is 0.518. The number of methoxy groups -OCH3 is 1. The van der Waals surface area contributed by atoms with Crippen LogP contribution in [-0.2, 0) is 16.6 Å². The Labute approximate surface area is 169 Å². The third-order valence-electron chi connectivity index (χ3n) is 4.22.